The molecule has 1 heterocycles. The van der Waals surface area contributed by atoms with Crippen LogP contribution >= 0.6 is 11.6 Å². The highest BCUT2D eigenvalue weighted by atomic mass is 35.5. The monoisotopic (exact) mass is 397 g/mol. The van der Waals surface area contributed by atoms with E-state index in [1.54, 1.807) is 6.92 Å². The molecule has 9 nitrogen and oxygen atoms in total. The van der Waals surface area contributed by atoms with E-state index in [4.69, 9.17) is 16.3 Å². The van der Waals surface area contributed by atoms with E-state index >= 15 is 0 Å². The number of carbonyl (C=O) groups excluding carboxylic acids is 1. The zero-order valence-corrected chi connectivity index (χ0v) is 14.8. The van der Waals surface area contributed by atoms with E-state index in [1.807, 2.05) is 0 Å². The summed E-state index contributed by atoms with van der Waals surface area (Å²) in [6, 6.07) is 7.51. The van der Waals surface area contributed by atoms with Crippen LogP contribution in [0.5, 0.6) is 5.75 Å². The van der Waals surface area contributed by atoms with Crippen molar-refractivity contribution in [1.82, 2.24) is 0 Å². The highest BCUT2D eigenvalue weighted by Crippen LogP contribution is 2.33. The average Bonchev–Trinajstić information content (AvgIpc) is 2.56. The Morgan fingerprint density at radius 1 is 1.27 bits per heavy atom. The highest BCUT2D eigenvalue weighted by Gasteiger charge is 2.25. The maximum Gasteiger partial charge on any atom is 0.289 e. The summed E-state index contributed by atoms with van der Waals surface area (Å²) in [6.07, 6.45) is -0.653. The molecule has 0 aromatic heterocycles. The first-order valence-corrected chi connectivity index (χ1v) is 9.12. The van der Waals surface area contributed by atoms with E-state index < -0.39 is 26.7 Å². The van der Waals surface area contributed by atoms with Gasteiger partial charge in [-0.15, -0.1) is 0 Å². The number of hydrogen-bond donors (Lipinski definition) is 2. The van der Waals surface area contributed by atoms with E-state index in [0.717, 1.165) is 18.2 Å². The first-order chi connectivity index (χ1) is 12.2. The number of nitrogens with one attached hydrogen (secondary N) is 2. The molecule has 11 heteroatoms. The van der Waals surface area contributed by atoms with Gasteiger partial charge in [0.05, 0.1) is 21.2 Å². The van der Waals surface area contributed by atoms with Gasteiger partial charge in [0, 0.05) is 6.07 Å². The van der Waals surface area contributed by atoms with Crippen molar-refractivity contribution in [2.45, 2.75) is 17.9 Å². The van der Waals surface area contributed by atoms with E-state index in [-0.39, 0.29) is 21.5 Å². The van der Waals surface area contributed by atoms with E-state index in [0.29, 0.717) is 11.4 Å². The number of anilines is 2. The number of ether oxygens (including phenoxy) is 1. The second-order valence-corrected chi connectivity index (χ2v) is 7.53. The third kappa shape index (κ3) is 3.41. The number of nitro groups is 1. The van der Waals surface area contributed by atoms with Gasteiger partial charge in [-0.3, -0.25) is 19.6 Å². The Morgan fingerprint density at radius 2 is 2.00 bits per heavy atom. The van der Waals surface area contributed by atoms with Crippen LogP contribution in [-0.4, -0.2) is 25.4 Å². The van der Waals surface area contributed by atoms with Gasteiger partial charge in [-0.1, -0.05) is 11.6 Å². The van der Waals surface area contributed by atoms with Gasteiger partial charge in [-0.05, 0) is 37.3 Å². The van der Waals surface area contributed by atoms with Crippen LogP contribution in [-0.2, 0) is 14.8 Å². The van der Waals surface area contributed by atoms with Gasteiger partial charge < -0.3 is 10.1 Å². The maximum atomic E-state index is 12.5. The van der Waals surface area contributed by atoms with Gasteiger partial charge >= 0.3 is 0 Å². The van der Waals surface area contributed by atoms with Crippen LogP contribution in [0.2, 0.25) is 5.02 Å². The summed E-state index contributed by atoms with van der Waals surface area (Å²) in [6.45, 7) is 1.59. The lowest BCUT2D eigenvalue weighted by atomic mass is 10.2. The molecule has 1 aliphatic rings. The summed E-state index contributed by atoms with van der Waals surface area (Å²) < 4.78 is 32.6. The van der Waals surface area contributed by atoms with Crippen LogP contribution in [0.4, 0.5) is 17.1 Å². The number of hydrogen-bond acceptors (Lipinski definition) is 6. The van der Waals surface area contributed by atoms with Gasteiger partial charge in [-0.2, -0.15) is 0 Å². The fourth-order valence-corrected chi connectivity index (χ4v) is 3.54. The SMILES string of the molecule is C[C@@H]1Oc2ccc(NS(=O)(=O)c3ccc(Cl)c([N+](=O)[O-])c3)cc2NC1=O. The fraction of sp³-hybridized carbons (Fsp3) is 0.133. The molecular formula is C15H12ClN3O6S. The largest absolute Gasteiger partial charge is 0.479 e. The van der Waals surface area contributed by atoms with Crippen LogP contribution in [0.15, 0.2) is 41.3 Å². The number of halogens is 1. The summed E-state index contributed by atoms with van der Waals surface area (Å²) in [7, 11) is -4.10. The van der Waals surface area contributed by atoms with Crippen LogP contribution < -0.4 is 14.8 Å². The van der Waals surface area contributed by atoms with Crippen molar-refractivity contribution in [3.63, 3.8) is 0 Å². The zero-order chi connectivity index (χ0) is 19.1. The summed E-state index contributed by atoms with van der Waals surface area (Å²) in [5, 5.41) is 13.4. The number of benzene rings is 2. The quantitative estimate of drug-likeness (QED) is 0.603. The molecule has 0 saturated carbocycles. The second kappa shape index (κ2) is 6.46. The molecule has 0 fully saturated rings. The molecular weight excluding hydrogens is 386 g/mol. The highest BCUT2D eigenvalue weighted by molar-refractivity contribution is 7.92. The smallest absolute Gasteiger partial charge is 0.289 e. The minimum atomic E-state index is -4.10. The van der Waals surface area contributed by atoms with E-state index in [1.165, 1.54) is 18.2 Å². The molecule has 0 spiro atoms. The van der Waals surface area contributed by atoms with Gasteiger partial charge in [0.1, 0.15) is 10.8 Å². The summed E-state index contributed by atoms with van der Waals surface area (Å²) >= 11 is 5.70. The van der Waals surface area contributed by atoms with E-state index in [9.17, 15) is 23.3 Å². The molecule has 2 aromatic carbocycles. The number of fused-ring (bicyclic) bond motifs is 1. The number of nitrogens with zero attached hydrogens (tertiary/aromatic N) is 1. The van der Waals surface area contributed by atoms with Crippen molar-refractivity contribution in [2.75, 3.05) is 10.0 Å². The Kier molecular flexibility index (Phi) is 4.46. The standard InChI is InChI=1S/C15H12ClN3O6S/c1-8-15(20)17-12-6-9(2-5-14(12)25-8)18-26(23,24)10-3-4-11(16)13(7-10)19(21)22/h2-8,18H,1H3,(H,17,20)/t8-/m0/s1. The van der Waals surface area contributed by atoms with Gasteiger partial charge in [0.25, 0.3) is 21.6 Å². The van der Waals surface area contributed by atoms with Gasteiger partial charge in [-0.25, -0.2) is 8.42 Å². The zero-order valence-electron chi connectivity index (χ0n) is 13.2. The lowest BCUT2D eigenvalue weighted by Gasteiger charge is -2.23. The van der Waals surface area contributed by atoms with Gasteiger partial charge in [0.15, 0.2) is 6.10 Å². The number of nitro benzene ring substituents is 1. The predicted octanol–water partition coefficient (Wildman–Crippen LogP) is 2.77. The number of sulfonamides is 1. The van der Waals surface area contributed by atoms with Crippen molar-refractivity contribution in [3.8, 4) is 5.75 Å². The molecule has 2 aromatic rings. The van der Waals surface area contributed by atoms with Crippen molar-refractivity contribution in [2.24, 2.45) is 0 Å². The molecule has 1 aliphatic heterocycles. The molecule has 0 radical (unpaired) electrons. The topological polar surface area (TPSA) is 128 Å². The third-order valence-corrected chi connectivity index (χ3v) is 5.29. The molecule has 26 heavy (non-hydrogen) atoms. The lowest BCUT2D eigenvalue weighted by Crippen LogP contribution is -2.34. The van der Waals surface area contributed by atoms with Crippen molar-refractivity contribution in [1.29, 1.82) is 0 Å². The second-order valence-electron chi connectivity index (χ2n) is 5.44. The molecule has 0 bridgehead atoms. The minimum absolute atomic E-state index is 0.153. The number of carbonyl (C=O) groups is 1. The molecule has 3 rings (SSSR count). The Bertz CT molecular complexity index is 1020. The lowest BCUT2D eigenvalue weighted by molar-refractivity contribution is -0.384. The average molecular weight is 398 g/mol. The molecule has 1 atom stereocenters. The minimum Gasteiger partial charge on any atom is -0.479 e. The van der Waals surface area contributed by atoms with Gasteiger partial charge in [0.2, 0.25) is 0 Å². The van der Waals surface area contributed by atoms with Crippen molar-refractivity contribution >= 4 is 44.6 Å². The first-order valence-electron chi connectivity index (χ1n) is 7.26. The van der Waals surface area contributed by atoms with E-state index in [2.05, 4.69) is 10.0 Å². The van der Waals surface area contributed by atoms with Crippen LogP contribution in [0.1, 0.15) is 6.92 Å². The summed E-state index contributed by atoms with van der Waals surface area (Å²) in [5.74, 6) is 0.0491. The van der Waals surface area contributed by atoms with Crippen molar-refractivity contribution in [3.05, 3.63) is 51.5 Å². The van der Waals surface area contributed by atoms with Crippen LogP contribution in [0, 0.1) is 10.1 Å². The Morgan fingerprint density at radius 3 is 2.69 bits per heavy atom. The van der Waals surface area contributed by atoms with Crippen molar-refractivity contribution < 1.29 is 22.9 Å². The maximum absolute atomic E-state index is 12.5. The molecule has 1 amide bonds. The molecule has 2 N–H and O–H groups in total. The van der Waals surface area contributed by atoms with Crippen LogP contribution in [0.3, 0.4) is 0 Å². The Balaban J connectivity index is 1.91. The normalized spacial score (nSPS) is 16.2. The first kappa shape index (κ1) is 18.0. The van der Waals surface area contributed by atoms with Crippen LogP contribution in [0.25, 0.3) is 0 Å². The fourth-order valence-electron chi connectivity index (χ4n) is 2.29. The Labute approximate surface area is 153 Å². The molecule has 136 valence electrons. The third-order valence-electron chi connectivity index (χ3n) is 3.59. The summed E-state index contributed by atoms with van der Waals surface area (Å²) in [4.78, 5) is 21.5. The molecule has 0 unspecified atom stereocenters. The number of rotatable bonds is 4. The predicted molar refractivity (Wildman–Crippen MR) is 94.1 cm³/mol. The summed E-state index contributed by atoms with van der Waals surface area (Å²) in [5.41, 5.74) is -0.0511. The Hall–Kier alpha value is -2.85. The molecule has 0 saturated heterocycles. The molecule has 0 aliphatic carbocycles. The number of amides is 1.